The van der Waals surface area contributed by atoms with E-state index in [2.05, 4.69) is 18.4 Å². The summed E-state index contributed by atoms with van der Waals surface area (Å²) in [5, 5.41) is 0. The van der Waals surface area contributed by atoms with Crippen LogP contribution < -0.4 is 0 Å². The molecule has 1 aliphatic heterocycles. The minimum Gasteiger partial charge on any atom is -0.346 e. The van der Waals surface area contributed by atoms with Crippen LogP contribution in [0, 0.1) is 13.8 Å². The molecule has 0 unspecified atom stereocenters. The summed E-state index contributed by atoms with van der Waals surface area (Å²) in [5.41, 5.74) is 3.16. The number of carbonyl (C=O) groups excluding carboxylic acids is 2. The lowest BCUT2D eigenvalue weighted by Gasteiger charge is -2.33. The number of nitrogens with zero attached hydrogens (tertiary/aromatic N) is 3. The maximum atomic E-state index is 13.0. The number of Topliss-reactive ketones (excluding diaryl/α,β-unsaturated/α-hetero) is 2. The van der Waals surface area contributed by atoms with Crippen molar-refractivity contribution < 1.29 is 18.0 Å². The van der Waals surface area contributed by atoms with E-state index in [9.17, 15) is 18.0 Å². The molecule has 7 nitrogen and oxygen atoms in total. The molecular formula is C23H31N3O4S. The second-order valence-electron chi connectivity index (χ2n) is 8.44. The second-order valence-corrected chi connectivity index (χ2v) is 10.4. The summed E-state index contributed by atoms with van der Waals surface area (Å²) in [5.74, 6) is -0.109. The first-order chi connectivity index (χ1) is 14.5. The minimum absolute atomic E-state index is 0.0606. The zero-order valence-corrected chi connectivity index (χ0v) is 19.7. The highest BCUT2D eigenvalue weighted by Gasteiger charge is 2.30. The number of sulfonamides is 1. The van der Waals surface area contributed by atoms with Gasteiger partial charge in [-0.25, -0.2) is 8.42 Å². The Morgan fingerprint density at radius 2 is 1.68 bits per heavy atom. The molecule has 1 aromatic heterocycles. The third kappa shape index (κ3) is 4.81. The van der Waals surface area contributed by atoms with Crippen LogP contribution in [0.25, 0.3) is 0 Å². The van der Waals surface area contributed by atoms with E-state index in [1.807, 2.05) is 24.8 Å². The van der Waals surface area contributed by atoms with E-state index in [1.165, 1.54) is 23.4 Å². The van der Waals surface area contributed by atoms with Gasteiger partial charge in [-0.3, -0.25) is 14.5 Å². The van der Waals surface area contributed by atoms with Crippen LogP contribution in [0.1, 0.15) is 58.9 Å². The van der Waals surface area contributed by atoms with E-state index in [0.29, 0.717) is 31.7 Å². The van der Waals surface area contributed by atoms with Crippen molar-refractivity contribution in [3.05, 3.63) is 52.8 Å². The predicted molar refractivity (Wildman–Crippen MR) is 120 cm³/mol. The van der Waals surface area contributed by atoms with Crippen LogP contribution in [0.5, 0.6) is 0 Å². The lowest BCUT2D eigenvalue weighted by molar-refractivity contribution is 0.0900. The standard InChI is InChI=1S/C23H31N3O4S/c1-16(2)26-17(3)13-22(18(26)4)23(28)15-24-9-11-25(12-10-24)31(29,30)21-8-6-7-20(14-21)19(5)27/h6-8,13-14,16H,9-12,15H2,1-5H3. The van der Waals surface area contributed by atoms with Gasteiger partial charge in [0, 0.05) is 54.7 Å². The van der Waals surface area contributed by atoms with E-state index in [-0.39, 0.29) is 29.0 Å². The molecule has 0 saturated carbocycles. The van der Waals surface area contributed by atoms with Gasteiger partial charge < -0.3 is 4.57 Å². The van der Waals surface area contributed by atoms with Gasteiger partial charge in [0.1, 0.15) is 0 Å². The molecule has 1 fully saturated rings. The van der Waals surface area contributed by atoms with Crippen LogP contribution in [0.3, 0.4) is 0 Å². The Hall–Kier alpha value is -2.29. The van der Waals surface area contributed by atoms with E-state index in [4.69, 9.17) is 0 Å². The molecule has 31 heavy (non-hydrogen) atoms. The highest BCUT2D eigenvalue weighted by Crippen LogP contribution is 2.22. The third-order valence-electron chi connectivity index (χ3n) is 5.88. The van der Waals surface area contributed by atoms with Crippen molar-refractivity contribution in [1.29, 1.82) is 0 Å². The van der Waals surface area contributed by atoms with E-state index in [0.717, 1.165) is 17.0 Å². The zero-order chi connectivity index (χ0) is 22.9. The van der Waals surface area contributed by atoms with E-state index < -0.39 is 10.0 Å². The van der Waals surface area contributed by atoms with Gasteiger partial charge in [0.2, 0.25) is 10.0 Å². The molecule has 1 aliphatic rings. The summed E-state index contributed by atoms with van der Waals surface area (Å²) in [6.45, 7) is 11.5. The van der Waals surface area contributed by atoms with Gasteiger partial charge in [0.25, 0.3) is 0 Å². The fraction of sp³-hybridized carbons (Fsp3) is 0.478. The molecule has 0 amide bonds. The second kappa shape index (κ2) is 9.06. The monoisotopic (exact) mass is 445 g/mol. The Morgan fingerprint density at radius 3 is 2.23 bits per heavy atom. The number of ketones is 2. The Bertz CT molecular complexity index is 1090. The fourth-order valence-electron chi connectivity index (χ4n) is 4.29. The molecule has 0 atom stereocenters. The molecule has 3 rings (SSSR count). The van der Waals surface area contributed by atoms with Crippen molar-refractivity contribution in [2.45, 2.75) is 45.6 Å². The van der Waals surface area contributed by atoms with Crippen molar-refractivity contribution >= 4 is 21.6 Å². The van der Waals surface area contributed by atoms with Gasteiger partial charge in [0.05, 0.1) is 11.4 Å². The van der Waals surface area contributed by atoms with Gasteiger partial charge in [-0.15, -0.1) is 0 Å². The summed E-state index contributed by atoms with van der Waals surface area (Å²) in [7, 11) is -3.67. The van der Waals surface area contributed by atoms with Crippen molar-refractivity contribution in [1.82, 2.24) is 13.8 Å². The van der Waals surface area contributed by atoms with Crippen LogP contribution in [-0.4, -0.2) is 66.5 Å². The summed E-state index contributed by atoms with van der Waals surface area (Å²) in [6.07, 6.45) is 0. The number of rotatable bonds is 7. The Kier molecular flexibility index (Phi) is 6.83. The summed E-state index contributed by atoms with van der Waals surface area (Å²) in [4.78, 5) is 26.6. The van der Waals surface area contributed by atoms with Crippen LogP contribution in [0.2, 0.25) is 0 Å². The third-order valence-corrected chi connectivity index (χ3v) is 7.77. The summed E-state index contributed by atoms with van der Waals surface area (Å²) >= 11 is 0. The van der Waals surface area contributed by atoms with Crippen LogP contribution >= 0.6 is 0 Å². The molecule has 1 aromatic carbocycles. The number of carbonyl (C=O) groups is 2. The van der Waals surface area contributed by atoms with Crippen LogP contribution in [-0.2, 0) is 10.0 Å². The van der Waals surface area contributed by atoms with Gasteiger partial charge >= 0.3 is 0 Å². The minimum atomic E-state index is -3.67. The first kappa shape index (κ1) is 23.4. The first-order valence-electron chi connectivity index (χ1n) is 10.6. The number of hydrogen-bond acceptors (Lipinski definition) is 5. The SMILES string of the molecule is CC(=O)c1cccc(S(=O)(=O)N2CCN(CC(=O)c3cc(C)n(C(C)C)c3C)CC2)c1. The number of hydrogen-bond donors (Lipinski definition) is 0. The molecule has 0 spiro atoms. The Morgan fingerprint density at radius 1 is 1.03 bits per heavy atom. The normalized spacial score (nSPS) is 16.1. The summed E-state index contributed by atoms with van der Waals surface area (Å²) < 4.78 is 29.6. The maximum absolute atomic E-state index is 13.0. The van der Waals surface area contributed by atoms with Crippen molar-refractivity contribution in [3.63, 3.8) is 0 Å². The molecular weight excluding hydrogens is 414 g/mol. The van der Waals surface area contributed by atoms with Gasteiger partial charge in [-0.1, -0.05) is 12.1 Å². The maximum Gasteiger partial charge on any atom is 0.243 e. The lowest BCUT2D eigenvalue weighted by atomic mass is 10.1. The molecule has 2 aromatic rings. The van der Waals surface area contributed by atoms with Gasteiger partial charge in [-0.05, 0) is 52.8 Å². The van der Waals surface area contributed by atoms with Gasteiger partial charge in [-0.2, -0.15) is 4.31 Å². The highest BCUT2D eigenvalue weighted by molar-refractivity contribution is 7.89. The Balaban J connectivity index is 1.66. The van der Waals surface area contributed by atoms with E-state index in [1.54, 1.807) is 12.1 Å². The quantitative estimate of drug-likeness (QED) is 0.612. The predicted octanol–water partition coefficient (Wildman–Crippen LogP) is 3.08. The molecule has 0 N–H and O–H groups in total. The number of aromatic nitrogens is 1. The van der Waals surface area contributed by atoms with Crippen molar-refractivity contribution in [2.75, 3.05) is 32.7 Å². The number of piperazine rings is 1. The molecule has 1 saturated heterocycles. The highest BCUT2D eigenvalue weighted by atomic mass is 32.2. The van der Waals surface area contributed by atoms with Gasteiger partial charge in [0.15, 0.2) is 11.6 Å². The lowest BCUT2D eigenvalue weighted by Crippen LogP contribution is -2.49. The first-order valence-corrected chi connectivity index (χ1v) is 12.0. The zero-order valence-electron chi connectivity index (χ0n) is 18.9. The molecule has 168 valence electrons. The number of aryl methyl sites for hydroxylation is 1. The van der Waals surface area contributed by atoms with Crippen molar-refractivity contribution in [3.8, 4) is 0 Å². The molecule has 2 heterocycles. The smallest absolute Gasteiger partial charge is 0.243 e. The molecule has 0 radical (unpaired) electrons. The number of benzene rings is 1. The topological polar surface area (TPSA) is 79.7 Å². The molecule has 0 bridgehead atoms. The molecule has 0 aliphatic carbocycles. The largest absolute Gasteiger partial charge is 0.346 e. The fourth-order valence-corrected chi connectivity index (χ4v) is 5.76. The van der Waals surface area contributed by atoms with E-state index >= 15 is 0 Å². The average Bonchev–Trinajstić information content (AvgIpc) is 3.02. The Labute approximate surface area is 184 Å². The summed E-state index contributed by atoms with van der Waals surface area (Å²) in [6, 6.07) is 8.38. The average molecular weight is 446 g/mol. The van der Waals surface area contributed by atoms with Crippen LogP contribution in [0.4, 0.5) is 0 Å². The van der Waals surface area contributed by atoms with Crippen LogP contribution in [0.15, 0.2) is 35.2 Å². The van der Waals surface area contributed by atoms with Crippen molar-refractivity contribution in [2.24, 2.45) is 0 Å². The molecule has 8 heteroatoms.